The summed E-state index contributed by atoms with van der Waals surface area (Å²) in [5.74, 6) is -0.570. The maximum Gasteiger partial charge on any atom is 0.255 e. The van der Waals surface area contributed by atoms with Gasteiger partial charge in [-0.15, -0.1) is 0 Å². The van der Waals surface area contributed by atoms with Crippen LogP contribution in [-0.2, 0) is 6.54 Å². The van der Waals surface area contributed by atoms with Gasteiger partial charge in [-0.2, -0.15) is 5.10 Å². The Labute approximate surface area is 104 Å². The number of H-pyrrole nitrogens is 1. The van der Waals surface area contributed by atoms with Crippen LogP contribution in [0.15, 0.2) is 24.4 Å². The molecule has 0 saturated carbocycles. The Kier molecular flexibility index (Phi) is 3.18. The predicted octanol–water partition coefficient (Wildman–Crippen LogP) is 0.936. The third-order valence-electron chi connectivity index (χ3n) is 2.69. The molecule has 1 aromatic heterocycles. The van der Waals surface area contributed by atoms with Crippen molar-refractivity contribution in [2.75, 3.05) is 5.73 Å². The normalized spacial score (nSPS) is 10.3. The van der Waals surface area contributed by atoms with Crippen molar-refractivity contribution >= 4 is 11.6 Å². The molecule has 0 aliphatic heterocycles. The number of nitrogens with zero attached hydrogens (tertiary/aromatic N) is 1. The van der Waals surface area contributed by atoms with E-state index in [4.69, 9.17) is 5.73 Å². The van der Waals surface area contributed by atoms with Gasteiger partial charge in [0.15, 0.2) is 5.75 Å². The number of carbonyl (C=O) groups is 1. The molecule has 0 aliphatic carbocycles. The third kappa shape index (κ3) is 2.27. The summed E-state index contributed by atoms with van der Waals surface area (Å²) in [4.78, 5) is 11.9. The van der Waals surface area contributed by atoms with Crippen LogP contribution < -0.4 is 11.1 Å². The molecule has 1 aromatic carbocycles. The molecule has 0 fully saturated rings. The number of anilines is 1. The predicted molar refractivity (Wildman–Crippen MR) is 67.0 cm³/mol. The quantitative estimate of drug-likeness (QED) is 0.477. The number of amides is 1. The number of nitrogen functional groups attached to an aromatic ring is 1. The molecule has 0 saturated heterocycles. The van der Waals surface area contributed by atoms with Gasteiger partial charge < -0.3 is 16.2 Å². The number of aryl methyl sites for hydroxylation is 1. The van der Waals surface area contributed by atoms with E-state index in [1.165, 1.54) is 12.1 Å². The lowest BCUT2D eigenvalue weighted by molar-refractivity contribution is 0.0948. The number of aromatic hydroxyl groups is 1. The van der Waals surface area contributed by atoms with Gasteiger partial charge in [0.25, 0.3) is 5.91 Å². The summed E-state index contributed by atoms with van der Waals surface area (Å²) >= 11 is 0. The minimum atomic E-state index is -0.375. The van der Waals surface area contributed by atoms with Crippen molar-refractivity contribution in [1.29, 1.82) is 0 Å². The fraction of sp³-hybridized carbons (Fsp3) is 0.167. The second-order valence-corrected chi connectivity index (χ2v) is 3.95. The first-order valence-corrected chi connectivity index (χ1v) is 5.44. The third-order valence-corrected chi connectivity index (χ3v) is 2.69. The highest BCUT2D eigenvalue weighted by atomic mass is 16.3. The number of phenols is 1. The van der Waals surface area contributed by atoms with Crippen LogP contribution in [0.1, 0.15) is 21.6 Å². The number of phenolic OH excluding ortho intramolecular Hbond substituents is 1. The Balaban J connectivity index is 2.09. The van der Waals surface area contributed by atoms with E-state index in [-0.39, 0.29) is 22.9 Å². The first kappa shape index (κ1) is 12.0. The molecule has 0 atom stereocenters. The van der Waals surface area contributed by atoms with Crippen molar-refractivity contribution in [2.24, 2.45) is 0 Å². The number of nitrogens with one attached hydrogen (secondary N) is 2. The molecule has 0 aliphatic rings. The van der Waals surface area contributed by atoms with Crippen LogP contribution in [0, 0.1) is 6.92 Å². The molecule has 2 rings (SSSR count). The standard InChI is InChI=1S/C12H14N4O2/c1-7-8(6-15-16-7)5-14-12(18)9-3-2-4-10(13)11(9)17/h2-4,6,17H,5,13H2,1H3,(H,14,18)(H,15,16). The monoisotopic (exact) mass is 246 g/mol. The first-order chi connectivity index (χ1) is 8.59. The van der Waals surface area contributed by atoms with Gasteiger partial charge in [0.05, 0.1) is 17.4 Å². The van der Waals surface area contributed by atoms with Gasteiger partial charge in [0.2, 0.25) is 0 Å². The van der Waals surface area contributed by atoms with Crippen molar-refractivity contribution in [3.8, 4) is 5.75 Å². The van der Waals surface area contributed by atoms with E-state index in [9.17, 15) is 9.90 Å². The molecule has 0 unspecified atom stereocenters. The Bertz CT molecular complexity index is 577. The van der Waals surface area contributed by atoms with Gasteiger partial charge in [-0.25, -0.2) is 0 Å². The molecule has 18 heavy (non-hydrogen) atoms. The lowest BCUT2D eigenvalue weighted by Gasteiger charge is -2.07. The van der Waals surface area contributed by atoms with Crippen molar-refractivity contribution < 1.29 is 9.90 Å². The smallest absolute Gasteiger partial charge is 0.255 e. The second kappa shape index (κ2) is 4.79. The average Bonchev–Trinajstić information content (AvgIpc) is 2.75. The SMILES string of the molecule is Cc1[nH]ncc1CNC(=O)c1cccc(N)c1O. The van der Waals surface area contributed by atoms with E-state index in [0.717, 1.165) is 11.3 Å². The van der Waals surface area contributed by atoms with E-state index >= 15 is 0 Å². The number of nitrogens with two attached hydrogens (primary N) is 1. The lowest BCUT2D eigenvalue weighted by atomic mass is 10.1. The molecule has 0 spiro atoms. The lowest BCUT2D eigenvalue weighted by Crippen LogP contribution is -2.23. The van der Waals surface area contributed by atoms with Crippen molar-refractivity contribution in [2.45, 2.75) is 13.5 Å². The van der Waals surface area contributed by atoms with Crippen LogP contribution in [0.3, 0.4) is 0 Å². The molecule has 1 amide bonds. The number of aromatic nitrogens is 2. The van der Waals surface area contributed by atoms with Crippen molar-refractivity contribution in [3.63, 3.8) is 0 Å². The van der Waals surface area contributed by atoms with Gasteiger partial charge in [-0.1, -0.05) is 6.07 Å². The van der Waals surface area contributed by atoms with Crippen LogP contribution in [0.5, 0.6) is 5.75 Å². The van der Waals surface area contributed by atoms with Gasteiger partial charge in [0, 0.05) is 17.8 Å². The van der Waals surface area contributed by atoms with Gasteiger partial charge >= 0.3 is 0 Å². The Hall–Kier alpha value is -2.50. The van der Waals surface area contributed by atoms with Gasteiger partial charge in [-0.05, 0) is 19.1 Å². The van der Waals surface area contributed by atoms with Crippen LogP contribution in [0.4, 0.5) is 5.69 Å². The van der Waals surface area contributed by atoms with Crippen LogP contribution >= 0.6 is 0 Å². The largest absolute Gasteiger partial charge is 0.505 e. The van der Waals surface area contributed by atoms with E-state index in [2.05, 4.69) is 15.5 Å². The molecule has 1 heterocycles. The summed E-state index contributed by atoms with van der Waals surface area (Å²) in [6.45, 7) is 2.21. The highest BCUT2D eigenvalue weighted by Crippen LogP contribution is 2.24. The highest BCUT2D eigenvalue weighted by Gasteiger charge is 2.13. The van der Waals surface area contributed by atoms with Gasteiger partial charge in [0.1, 0.15) is 0 Å². The van der Waals surface area contributed by atoms with Crippen molar-refractivity contribution in [3.05, 3.63) is 41.2 Å². The molecule has 94 valence electrons. The zero-order chi connectivity index (χ0) is 13.1. The number of carbonyl (C=O) groups excluding carboxylic acids is 1. The number of rotatable bonds is 3. The molecule has 2 aromatic rings. The molecular formula is C12H14N4O2. The van der Waals surface area contributed by atoms with Crippen LogP contribution in [0.25, 0.3) is 0 Å². The number of para-hydroxylation sites is 1. The van der Waals surface area contributed by atoms with E-state index in [0.29, 0.717) is 6.54 Å². The number of hydrogen-bond donors (Lipinski definition) is 4. The number of benzene rings is 1. The minimum absolute atomic E-state index is 0.163. The maximum atomic E-state index is 11.9. The maximum absolute atomic E-state index is 11.9. The summed E-state index contributed by atoms with van der Waals surface area (Å²) < 4.78 is 0. The Morgan fingerprint density at radius 3 is 3.00 bits per heavy atom. The fourth-order valence-corrected chi connectivity index (χ4v) is 1.57. The second-order valence-electron chi connectivity index (χ2n) is 3.95. The Morgan fingerprint density at radius 2 is 2.33 bits per heavy atom. The van der Waals surface area contributed by atoms with E-state index in [1.54, 1.807) is 12.3 Å². The summed E-state index contributed by atoms with van der Waals surface area (Å²) in [6, 6.07) is 4.67. The zero-order valence-corrected chi connectivity index (χ0v) is 9.90. The average molecular weight is 246 g/mol. The van der Waals surface area contributed by atoms with Gasteiger partial charge in [-0.3, -0.25) is 9.89 Å². The van der Waals surface area contributed by atoms with Crippen LogP contribution in [-0.4, -0.2) is 21.2 Å². The number of hydrogen-bond acceptors (Lipinski definition) is 4. The fourth-order valence-electron chi connectivity index (χ4n) is 1.57. The topological polar surface area (TPSA) is 104 Å². The molecule has 0 radical (unpaired) electrons. The summed E-state index contributed by atoms with van der Waals surface area (Å²) in [6.07, 6.45) is 1.65. The van der Waals surface area contributed by atoms with Crippen LogP contribution in [0.2, 0.25) is 0 Å². The number of aromatic amines is 1. The molecule has 6 nitrogen and oxygen atoms in total. The summed E-state index contributed by atoms with van der Waals surface area (Å²) in [5, 5.41) is 19.0. The summed E-state index contributed by atoms with van der Waals surface area (Å²) in [5.41, 5.74) is 7.66. The Morgan fingerprint density at radius 1 is 1.56 bits per heavy atom. The summed E-state index contributed by atoms with van der Waals surface area (Å²) in [7, 11) is 0. The first-order valence-electron chi connectivity index (χ1n) is 5.44. The van der Waals surface area contributed by atoms with E-state index < -0.39 is 0 Å². The molecule has 0 bridgehead atoms. The molecular weight excluding hydrogens is 232 g/mol. The van der Waals surface area contributed by atoms with E-state index in [1.807, 2.05) is 6.92 Å². The molecule has 5 N–H and O–H groups in total. The highest BCUT2D eigenvalue weighted by molar-refractivity contribution is 5.98. The van der Waals surface area contributed by atoms with Crippen molar-refractivity contribution in [1.82, 2.24) is 15.5 Å². The minimum Gasteiger partial charge on any atom is -0.505 e. The molecule has 6 heteroatoms. The zero-order valence-electron chi connectivity index (χ0n) is 9.90.